The van der Waals surface area contributed by atoms with Gasteiger partial charge >= 0.3 is 0 Å². The molecule has 0 radical (unpaired) electrons. The first-order chi connectivity index (χ1) is 8.10. The average molecular weight is 271 g/mol. The molecule has 1 atom stereocenters. The lowest BCUT2D eigenvalue weighted by molar-refractivity contribution is -0.120. The van der Waals surface area contributed by atoms with Crippen molar-refractivity contribution in [1.82, 2.24) is 5.32 Å². The first-order valence-corrected chi connectivity index (χ1v) is 6.17. The Morgan fingerprint density at radius 3 is 2.71 bits per heavy atom. The maximum Gasteiger partial charge on any atom is 0.250 e. The van der Waals surface area contributed by atoms with E-state index in [9.17, 15) is 4.79 Å². The number of rotatable bonds is 3. The molecule has 1 heterocycles. The molecule has 0 aliphatic carbocycles. The normalized spacial score (nSPS) is 19.1. The Balaban J connectivity index is 2.12. The molecule has 0 saturated carbocycles. The molecule has 17 heavy (non-hydrogen) atoms. The van der Waals surface area contributed by atoms with Crippen LogP contribution in [0.5, 0.6) is 0 Å². The summed E-state index contributed by atoms with van der Waals surface area (Å²) in [7, 11) is 0. The molecule has 2 rings (SSSR count). The maximum absolute atomic E-state index is 11.5. The van der Waals surface area contributed by atoms with E-state index in [0.717, 1.165) is 12.0 Å². The maximum atomic E-state index is 11.5. The van der Waals surface area contributed by atoms with Crippen molar-refractivity contribution in [2.75, 3.05) is 0 Å². The fourth-order valence-electron chi connectivity index (χ4n) is 1.71. The minimum absolute atomic E-state index is 0.0254. The van der Waals surface area contributed by atoms with Gasteiger partial charge in [-0.2, -0.15) is 0 Å². The number of carbonyl (C=O) groups excluding carboxylic acids is 1. The quantitative estimate of drug-likeness (QED) is 0.902. The van der Waals surface area contributed by atoms with Crippen molar-refractivity contribution in [3.63, 3.8) is 0 Å². The molecule has 1 aromatic carbocycles. The molecule has 0 aromatic heterocycles. The van der Waals surface area contributed by atoms with Crippen LogP contribution in [0, 0.1) is 0 Å². The summed E-state index contributed by atoms with van der Waals surface area (Å²) in [6.45, 7) is 1.94. The minimum Gasteiger partial charge on any atom is -0.312 e. The second-order valence-corrected chi connectivity index (χ2v) is 4.73. The summed E-state index contributed by atoms with van der Waals surface area (Å²) in [5.41, 5.74) is 0.982. The highest BCUT2D eigenvalue weighted by Crippen LogP contribution is 2.23. The average Bonchev–Trinajstić information content (AvgIpc) is 2.64. The number of amidine groups is 1. The third kappa shape index (κ3) is 2.79. The third-order valence-corrected chi connectivity index (χ3v) is 3.36. The van der Waals surface area contributed by atoms with Gasteiger partial charge in [0.15, 0.2) is 0 Å². The van der Waals surface area contributed by atoms with Crippen LogP contribution in [-0.2, 0) is 11.2 Å². The van der Waals surface area contributed by atoms with E-state index in [-0.39, 0.29) is 11.9 Å². The van der Waals surface area contributed by atoms with Gasteiger partial charge in [-0.3, -0.25) is 9.79 Å². The summed E-state index contributed by atoms with van der Waals surface area (Å²) in [4.78, 5) is 15.8. The van der Waals surface area contributed by atoms with Gasteiger partial charge in [0.25, 0.3) is 0 Å². The summed E-state index contributed by atoms with van der Waals surface area (Å²) < 4.78 is 0. The van der Waals surface area contributed by atoms with Crippen LogP contribution in [0.1, 0.15) is 18.9 Å². The van der Waals surface area contributed by atoms with Crippen molar-refractivity contribution in [2.24, 2.45) is 4.99 Å². The second-order valence-electron chi connectivity index (χ2n) is 3.91. The molecule has 90 valence electrons. The fourth-order valence-corrected chi connectivity index (χ4v) is 2.03. The van der Waals surface area contributed by atoms with E-state index in [1.165, 1.54) is 0 Å². The highest BCUT2D eigenvalue weighted by molar-refractivity contribution is 6.42. The van der Waals surface area contributed by atoms with Gasteiger partial charge in [0, 0.05) is 6.42 Å². The van der Waals surface area contributed by atoms with E-state index in [1.807, 2.05) is 13.0 Å². The van der Waals surface area contributed by atoms with E-state index >= 15 is 0 Å². The van der Waals surface area contributed by atoms with Gasteiger partial charge in [-0.05, 0) is 24.1 Å². The molecule has 5 heteroatoms. The van der Waals surface area contributed by atoms with Crippen molar-refractivity contribution < 1.29 is 4.79 Å². The van der Waals surface area contributed by atoms with Gasteiger partial charge < -0.3 is 5.32 Å². The first-order valence-electron chi connectivity index (χ1n) is 5.41. The molecule has 3 nitrogen and oxygen atoms in total. The fraction of sp³-hybridized carbons (Fsp3) is 0.333. The molecule has 1 N–H and O–H groups in total. The van der Waals surface area contributed by atoms with E-state index in [4.69, 9.17) is 23.2 Å². The summed E-state index contributed by atoms with van der Waals surface area (Å²) in [6.07, 6.45) is 1.29. The Kier molecular flexibility index (Phi) is 3.69. The number of nitrogens with one attached hydrogen (secondary N) is 1. The number of halogens is 2. The summed E-state index contributed by atoms with van der Waals surface area (Å²) in [5.74, 6) is 0.669. The van der Waals surface area contributed by atoms with Crippen LogP contribution in [0.3, 0.4) is 0 Å². The zero-order valence-corrected chi connectivity index (χ0v) is 10.8. The van der Waals surface area contributed by atoms with Crippen molar-refractivity contribution in [1.29, 1.82) is 0 Å². The Labute approximate surface area is 110 Å². The number of aliphatic imine (C=N–C) groups is 1. The van der Waals surface area contributed by atoms with Gasteiger partial charge in [-0.1, -0.05) is 36.2 Å². The number of hydrogen-bond donors (Lipinski definition) is 1. The van der Waals surface area contributed by atoms with E-state index in [1.54, 1.807) is 12.1 Å². The van der Waals surface area contributed by atoms with Gasteiger partial charge in [-0.25, -0.2) is 0 Å². The Bertz CT molecular complexity index is 485. The summed E-state index contributed by atoms with van der Waals surface area (Å²) >= 11 is 11.8. The Hall–Kier alpha value is -1.06. The summed E-state index contributed by atoms with van der Waals surface area (Å²) in [6, 6.07) is 5.17. The van der Waals surface area contributed by atoms with Crippen molar-refractivity contribution in [3.8, 4) is 0 Å². The van der Waals surface area contributed by atoms with Crippen LogP contribution in [0.4, 0.5) is 0 Å². The van der Waals surface area contributed by atoms with Crippen molar-refractivity contribution in [3.05, 3.63) is 33.8 Å². The zero-order valence-electron chi connectivity index (χ0n) is 9.34. The lowest BCUT2D eigenvalue weighted by atomic mass is 10.1. The minimum atomic E-state index is -0.243. The second kappa shape index (κ2) is 5.07. The predicted molar refractivity (Wildman–Crippen MR) is 69.8 cm³/mol. The van der Waals surface area contributed by atoms with Crippen LogP contribution in [0.25, 0.3) is 0 Å². The molecule has 1 amide bonds. The van der Waals surface area contributed by atoms with Gasteiger partial charge in [0.1, 0.15) is 11.9 Å². The molecular formula is C12H12Cl2N2O. The predicted octanol–water partition coefficient (Wildman–Crippen LogP) is 2.84. The third-order valence-electron chi connectivity index (χ3n) is 2.62. The smallest absolute Gasteiger partial charge is 0.250 e. The standard InChI is InChI=1S/C12H12Cl2N2O/c1-2-10-12(17)16-11(15-10)6-7-3-4-8(13)9(14)5-7/h3-5,10H,2,6H2,1H3,(H,15,16,17). The van der Waals surface area contributed by atoms with Crippen LogP contribution in [0.15, 0.2) is 23.2 Å². The largest absolute Gasteiger partial charge is 0.312 e. The lowest BCUT2D eigenvalue weighted by Gasteiger charge is -2.03. The number of amides is 1. The summed E-state index contributed by atoms with van der Waals surface area (Å²) in [5, 5.41) is 3.81. The highest BCUT2D eigenvalue weighted by Gasteiger charge is 2.24. The number of hydrogen-bond acceptors (Lipinski definition) is 2. The van der Waals surface area contributed by atoms with E-state index in [0.29, 0.717) is 22.3 Å². The number of carbonyl (C=O) groups is 1. The van der Waals surface area contributed by atoms with Crippen LogP contribution < -0.4 is 5.32 Å². The molecule has 1 aliphatic rings. The monoisotopic (exact) mass is 270 g/mol. The van der Waals surface area contributed by atoms with Crippen LogP contribution in [-0.4, -0.2) is 17.8 Å². The van der Waals surface area contributed by atoms with Crippen molar-refractivity contribution in [2.45, 2.75) is 25.8 Å². The lowest BCUT2D eigenvalue weighted by Crippen LogP contribution is -2.29. The van der Waals surface area contributed by atoms with E-state index in [2.05, 4.69) is 10.3 Å². The van der Waals surface area contributed by atoms with Gasteiger partial charge in [0.2, 0.25) is 5.91 Å². The van der Waals surface area contributed by atoms with Crippen LogP contribution >= 0.6 is 23.2 Å². The molecule has 1 aliphatic heterocycles. The molecule has 0 bridgehead atoms. The topological polar surface area (TPSA) is 41.5 Å². The SMILES string of the molecule is CCC1N=C(Cc2ccc(Cl)c(Cl)c2)NC1=O. The first kappa shape index (κ1) is 12.4. The van der Waals surface area contributed by atoms with Gasteiger partial charge in [0.05, 0.1) is 10.0 Å². The van der Waals surface area contributed by atoms with E-state index < -0.39 is 0 Å². The Morgan fingerprint density at radius 2 is 2.12 bits per heavy atom. The molecule has 0 saturated heterocycles. The van der Waals surface area contributed by atoms with Gasteiger partial charge in [-0.15, -0.1) is 0 Å². The van der Waals surface area contributed by atoms with Crippen molar-refractivity contribution >= 4 is 34.9 Å². The number of benzene rings is 1. The molecular weight excluding hydrogens is 259 g/mol. The molecule has 0 fully saturated rings. The molecule has 0 spiro atoms. The van der Waals surface area contributed by atoms with Crippen LogP contribution in [0.2, 0.25) is 10.0 Å². The number of nitrogens with zero attached hydrogens (tertiary/aromatic N) is 1. The zero-order chi connectivity index (χ0) is 12.4. The molecule has 1 unspecified atom stereocenters. The molecule has 1 aromatic rings. The highest BCUT2D eigenvalue weighted by atomic mass is 35.5. The Morgan fingerprint density at radius 1 is 1.35 bits per heavy atom.